The minimum Gasteiger partial charge on any atom is -0.376 e. The van der Waals surface area contributed by atoms with Gasteiger partial charge in [-0.2, -0.15) is 0 Å². The van der Waals surface area contributed by atoms with E-state index in [1.54, 1.807) is 13.8 Å². The van der Waals surface area contributed by atoms with Crippen molar-refractivity contribution >= 4 is 9.84 Å². The van der Waals surface area contributed by atoms with Crippen molar-refractivity contribution < 1.29 is 13.2 Å². The summed E-state index contributed by atoms with van der Waals surface area (Å²) in [5.41, 5.74) is 0. The maximum absolute atomic E-state index is 11.7. The number of hydrogen-bond acceptors (Lipinski definition) is 4. The largest absolute Gasteiger partial charge is 0.376 e. The van der Waals surface area contributed by atoms with E-state index in [9.17, 15) is 8.42 Å². The van der Waals surface area contributed by atoms with Crippen LogP contribution < -0.4 is 5.32 Å². The first kappa shape index (κ1) is 13.3. The van der Waals surface area contributed by atoms with E-state index in [2.05, 4.69) is 5.32 Å². The van der Waals surface area contributed by atoms with Crippen LogP contribution in [0.3, 0.4) is 0 Å². The van der Waals surface area contributed by atoms with Gasteiger partial charge in [0.15, 0.2) is 9.84 Å². The van der Waals surface area contributed by atoms with E-state index in [0.717, 1.165) is 18.9 Å². The van der Waals surface area contributed by atoms with Gasteiger partial charge in [0.05, 0.1) is 17.1 Å². The normalized spacial score (nSPS) is 30.1. The minimum atomic E-state index is -2.92. The van der Waals surface area contributed by atoms with Gasteiger partial charge in [0.2, 0.25) is 0 Å². The van der Waals surface area contributed by atoms with Gasteiger partial charge in [-0.3, -0.25) is 0 Å². The number of hydrogen-bond donors (Lipinski definition) is 1. The summed E-state index contributed by atoms with van der Waals surface area (Å²) in [6.45, 7) is 4.84. The third-order valence-electron chi connectivity index (χ3n) is 3.73. The molecule has 0 radical (unpaired) electrons. The SMILES string of the molecule is CC(C)S(=O)(=O)CCNC1CCOC1C1CC1. The van der Waals surface area contributed by atoms with E-state index in [4.69, 9.17) is 4.74 Å². The van der Waals surface area contributed by atoms with E-state index < -0.39 is 9.84 Å². The van der Waals surface area contributed by atoms with Crippen LogP contribution in [0.5, 0.6) is 0 Å². The lowest BCUT2D eigenvalue weighted by molar-refractivity contribution is 0.0815. The van der Waals surface area contributed by atoms with E-state index in [1.807, 2.05) is 0 Å². The lowest BCUT2D eigenvalue weighted by Gasteiger charge is -2.19. The van der Waals surface area contributed by atoms with Gasteiger partial charge < -0.3 is 10.1 Å². The van der Waals surface area contributed by atoms with Crippen molar-refractivity contribution in [3.8, 4) is 0 Å². The molecule has 2 aliphatic rings. The quantitative estimate of drug-likeness (QED) is 0.774. The highest BCUT2D eigenvalue weighted by Crippen LogP contribution is 2.38. The molecule has 0 spiro atoms. The Kier molecular flexibility index (Phi) is 4.10. The fourth-order valence-electron chi connectivity index (χ4n) is 2.34. The summed E-state index contributed by atoms with van der Waals surface area (Å²) in [6, 6.07) is 0.366. The fourth-order valence-corrected chi connectivity index (χ4v) is 3.22. The predicted molar refractivity (Wildman–Crippen MR) is 67.8 cm³/mol. The van der Waals surface area contributed by atoms with Gasteiger partial charge >= 0.3 is 0 Å². The molecule has 17 heavy (non-hydrogen) atoms. The summed E-state index contributed by atoms with van der Waals surface area (Å²) in [6.07, 6.45) is 3.89. The van der Waals surface area contributed by atoms with Crippen molar-refractivity contribution in [1.29, 1.82) is 0 Å². The molecule has 1 saturated heterocycles. The van der Waals surface area contributed by atoms with E-state index in [1.165, 1.54) is 12.8 Å². The zero-order valence-corrected chi connectivity index (χ0v) is 11.5. The van der Waals surface area contributed by atoms with Crippen LogP contribution in [0.2, 0.25) is 0 Å². The number of ether oxygens (including phenoxy) is 1. The Morgan fingerprint density at radius 3 is 2.59 bits per heavy atom. The molecule has 0 aromatic carbocycles. The monoisotopic (exact) mass is 261 g/mol. The molecule has 0 bridgehead atoms. The summed E-state index contributed by atoms with van der Waals surface area (Å²) in [5.74, 6) is 0.954. The van der Waals surface area contributed by atoms with Crippen LogP contribution in [0.4, 0.5) is 0 Å². The van der Waals surface area contributed by atoms with E-state index >= 15 is 0 Å². The zero-order valence-electron chi connectivity index (χ0n) is 10.7. The molecule has 2 unspecified atom stereocenters. The van der Waals surface area contributed by atoms with E-state index in [0.29, 0.717) is 18.7 Å². The molecule has 0 aromatic heterocycles. The molecular weight excluding hydrogens is 238 g/mol. The summed E-state index contributed by atoms with van der Waals surface area (Å²) >= 11 is 0. The molecule has 1 saturated carbocycles. The second-order valence-corrected chi connectivity index (χ2v) is 8.11. The van der Waals surface area contributed by atoms with Crippen molar-refractivity contribution in [2.75, 3.05) is 18.9 Å². The lowest BCUT2D eigenvalue weighted by Crippen LogP contribution is -2.40. The Morgan fingerprint density at radius 1 is 1.29 bits per heavy atom. The first-order valence-corrected chi connectivity index (χ1v) is 8.29. The Balaban J connectivity index is 1.74. The van der Waals surface area contributed by atoms with Crippen LogP contribution in [0.15, 0.2) is 0 Å². The molecular formula is C12H23NO3S. The van der Waals surface area contributed by atoms with Crippen molar-refractivity contribution in [2.45, 2.75) is 50.5 Å². The van der Waals surface area contributed by atoms with Crippen LogP contribution in [0.25, 0.3) is 0 Å². The van der Waals surface area contributed by atoms with Gasteiger partial charge in [0.1, 0.15) is 0 Å². The molecule has 0 amide bonds. The van der Waals surface area contributed by atoms with Gasteiger partial charge in [0.25, 0.3) is 0 Å². The Hall–Kier alpha value is -0.130. The average molecular weight is 261 g/mol. The summed E-state index contributed by atoms with van der Waals surface area (Å²) in [7, 11) is -2.92. The minimum absolute atomic E-state index is 0.235. The maximum Gasteiger partial charge on any atom is 0.153 e. The summed E-state index contributed by atoms with van der Waals surface area (Å²) in [5, 5.41) is 3.09. The van der Waals surface area contributed by atoms with Gasteiger partial charge in [-0.15, -0.1) is 0 Å². The number of rotatable bonds is 6. The van der Waals surface area contributed by atoms with Crippen LogP contribution in [0, 0.1) is 5.92 Å². The third-order valence-corrected chi connectivity index (χ3v) is 5.94. The highest BCUT2D eigenvalue weighted by Gasteiger charge is 2.40. The van der Waals surface area contributed by atoms with Crippen molar-refractivity contribution in [2.24, 2.45) is 5.92 Å². The molecule has 2 atom stereocenters. The summed E-state index contributed by atoms with van der Waals surface area (Å²) in [4.78, 5) is 0. The van der Waals surface area contributed by atoms with Crippen LogP contribution in [0.1, 0.15) is 33.1 Å². The number of nitrogens with one attached hydrogen (secondary N) is 1. The average Bonchev–Trinajstić information content (AvgIpc) is 2.99. The second kappa shape index (κ2) is 5.24. The first-order valence-electron chi connectivity index (χ1n) is 6.57. The molecule has 0 aromatic rings. The Labute approximate surface area is 104 Å². The zero-order chi connectivity index (χ0) is 12.5. The highest BCUT2D eigenvalue weighted by atomic mass is 32.2. The molecule has 1 heterocycles. The molecule has 2 rings (SSSR count). The lowest BCUT2D eigenvalue weighted by atomic mass is 10.1. The van der Waals surface area contributed by atoms with Crippen LogP contribution >= 0.6 is 0 Å². The van der Waals surface area contributed by atoms with Gasteiger partial charge in [0, 0.05) is 19.2 Å². The Morgan fingerprint density at radius 2 is 2.00 bits per heavy atom. The molecule has 4 nitrogen and oxygen atoms in total. The number of sulfone groups is 1. The third kappa shape index (κ3) is 3.42. The van der Waals surface area contributed by atoms with Crippen molar-refractivity contribution in [3.63, 3.8) is 0 Å². The topological polar surface area (TPSA) is 55.4 Å². The first-order chi connectivity index (χ1) is 8.00. The van der Waals surface area contributed by atoms with E-state index in [-0.39, 0.29) is 11.0 Å². The van der Waals surface area contributed by atoms with Crippen molar-refractivity contribution in [1.82, 2.24) is 5.32 Å². The van der Waals surface area contributed by atoms with Gasteiger partial charge in [-0.05, 0) is 39.0 Å². The predicted octanol–water partition coefficient (Wildman–Crippen LogP) is 0.967. The fraction of sp³-hybridized carbons (Fsp3) is 1.00. The smallest absolute Gasteiger partial charge is 0.153 e. The molecule has 5 heteroatoms. The highest BCUT2D eigenvalue weighted by molar-refractivity contribution is 7.92. The molecule has 100 valence electrons. The van der Waals surface area contributed by atoms with Crippen LogP contribution in [-0.2, 0) is 14.6 Å². The second-order valence-electron chi connectivity index (χ2n) is 5.44. The maximum atomic E-state index is 11.7. The molecule has 2 fully saturated rings. The standard InChI is InChI=1S/C12H23NO3S/c1-9(2)17(14,15)8-6-13-11-5-7-16-12(11)10-3-4-10/h9-13H,3-8H2,1-2H3. The van der Waals surface area contributed by atoms with Crippen molar-refractivity contribution in [3.05, 3.63) is 0 Å². The molecule has 1 aliphatic carbocycles. The molecule has 1 aliphatic heterocycles. The van der Waals surface area contributed by atoms with Crippen LogP contribution in [-0.4, -0.2) is 44.7 Å². The van der Waals surface area contributed by atoms with Gasteiger partial charge in [-0.25, -0.2) is 8.42 Å². The summed E-state index contributed by atoms with van der Waals surface area (Å²) < 4.78 is 29.0. The Bertz CT molecular complexity index is 349. The van der Waals surface area contributed by atoms with Gasteiger partial charge in [-0.1, -0.05) is 0 Å². The molecule has 1 N–H and O–H groups in total.